The third-order valence-electron chi connectivity index (χ3n) is 4.84. The monoisotopic (exact) mass is 393 g/mol. The molecule has 2 aromatic carbocycles. The molecule has 2 rings (SSSR count). The number of phenolic OH excluding ortho intramolecular Hbond substituents is 1. The van der Waals surface area contributed by atoms with Crippen LogP contribution >= 0.6 is 0 Å². The molecule has 0 spiro atoms. The minimum Gasteiger partial charge on any atom is -0.508 e. The lowest BCUT2D eigenvalue weighted by Gasteiger charge is -2.28. The van der Waals surface area contributed by atoms with Gasteiger partial charge >= 0.3 is 0 Å². The summed E-state index contributed by atoms with van der Waals surface area (Å²) in [5.74, 6) is 5.05. The first-order valence-electron chi connectivity index (χ1n) is 9.39. The molecule has 0 aliphatic heterocycles. The fourth-order valence-electron chi connectivity index (χ4n) is 3.12. The highest BCUT2D eigenvalue weighted by atomic mass is 16.3. The number of hydrogen-bond acceptors (Lipinski definition) is 4. The average molecular weight is 393 g/mol. The van der Waals surface area contributed by atoms with Crippen LogP contribution in [0.4, 0.5) is 0 Å². The van der Waals surface area contributed by atoms with Crippen molar-refractivity contribution in [1.82, 2.24) is 4.90 Å². The number of amides is 2. The van der Waals surface area contributed by atoms with Crippen molar-refractivity contribution in [2.45, 2.75) is 39.3 Å². The summed E-state index contributed by atoms with van der Waals surface area (Å²) in [6.07, 6.45) is 0.283. The lowest BCUT2D eigenvalue weighted by molar-refractivity contribution is -0.139. The molecule has 0 aromatic heterocycles. The van der Waals surface area contributed by atoms with Crippen molar-refractivity contribution in [2.75, 3.05) is 6.54 Å². The molecule has 0 radical (unpaired) electrons. The molecule has 0 aliphatic rings. The van der Waals surface area contributed by atoms with Gasteiger partial charge in [-0.3, -0.25) is 9.59 Å². The Balaban J connectivity index is 2.20. The Labute approximate surface area is 171 Å². The normalized spacial score (nSPS) is 12.4. The topological polar surface area (TPSA) is 110 Å². The number of aromatic hydroxyl groups is 1. The van der Waals surface area contributed by atoms with Crippen LogP contribution in [0.15, 0.2) is 42.5 Å². The van der Waals surface area contributed by atoms with Crippen molar-refractivity contribution >= 4 is 11.8 Å². The van der Waals surface area contributed by atoms with E-state index >= 15 is 0 Å². The van der Waals surface area contributed by atoms with Crippen LogP contribution in [0.1, 0.15) is 29.2 Å². The molecule has 152 valence electrons. The Hall–Kier alpha value is -3.30. The maximum absolute atomic E-state index is 13.0. The van der Waals surface area contributed by atoms with Crippen LogP contribution in [0, 0.1) is 25.7 Å². The molecular weight excluding hydrogens is 366 g/mol. The van der Waals surface area contributed by atoms with Gasteiger partial charge < -0.3 is 21.5 Å². The van der Waals surface area contributed by atoms with E-state index in [1.807, 2.05) is 44.2 Å². The van der Waals surface area contributed by atoms with Crippen LogP contribution in [-0.4, -0.2) is 40.4 Å². The molecule has 29 heavy (non-hydrogen) atoms. The van der Waals surface area contributed by atoms with E-state index in [-0.39, 0.29) is 18.7 Å². The number of rotatable bonds is 6. The highest BCUT2D eigenvalue weighted by Gasteiger charge is 2.28. The Morgan fingerprint density at radius 1 is 1.14 bits per heavy atom. The van der Waals surface area contributed by atoms with E-state index in [2.05, 4.69) is 11.8 Å². The maximum Gasteiger partial charge on any atom is 0.241 e. The fraction of sp³-hybridized carbons (Fsp3) is 0.304. The van der Waals surface area contributed by atoms with Gasteiger partial charge in [0.2, 0.25) is 11.8 Å². The van der Waals surface area contributed by atoms with Gasteiger partial charge in [-0.05, 0) is 68.1 Å². The van der Waals surface area contributed by atoms with Gasteiger partial charge in [0.25, 0.3) is 0 Å². The van der Waals surface area contributed by atoms with E-state index < -0.39 is 23.9 Å². The molecule has 0 heterocycles. The van der Waals surface area contributed by atoms with Gasteiger partial charge in [0.05, 0.1) is 12.6 Å². The van der Waals surface area contributed by atoms with Gasteiger partial charge in [0.15, 0.2) is 0 Å². The zero-order valence-electron chi connectivity index (χ0n) is 17.0. The van der Waals surface area contributed by atoms with Gasteiger partial charge in [-0.1, -0.05) is 30.0 Å². The minimum absolute atomic E-state index is 0.0408. The largest absolute Gasteiger partial charge is 0.508 e. The van der Waals surface area contributed by atoms with Gasteiger partial charge in [0.1, 0.15) is 11.8 Å². The molecule has 0 saturated heterocycles. The van der Waals surface area contributed by atoms with Gasteiger partial charge in [-0.25, -0.2) is 0 Å². The molecular formula is C23H27N3O3. The van der Waals surface area contributed by atoms with Crippen LogP contribution < -0.4 is 11.5 Å². The smallest absolute Gasteiger partial charge is 0.241 e. The van der Waals surface area contributed by atoms with Crippen molar-refractivity contribution in [3.63, 3.8) is 0 Å². The molecule has 6 heteroatoms. The summed E-state index contributed by atoms with van der Waals surface area (Å²) in [5.41, 5.74) is 15.0. The molecule has 0 bridgehead atoms. The first-order valence-corrected chi connectivity index (χ1v) is 9.39. The maximum atomic E-state index is 13.0. The van der Waals surface area contributed by atoms with E-state index in [1.165, 1.54) is 4.90 Å². The summed E-state index contributed by atoms with van der Waals surface area (Å²) in [7, 11) is 0. The first kappa shape index (κ1) is 22.0. The fourth-order valence-corrected chi connectivity index (χ4v) is 3.12. The predicted molar refractivity (Wildman–Crippen MR) is 113 cm³/mol. The first-order chi connectivity index (χ1) is 13.7. The summed E-state index contributed by atoms with van der Waals surface area (Å²) in [6.45, 7) is 5.32. The molecule has 0 aliphatic carbocycles. The minimum atomic E-state index is -0.864. The highest BCUT2D eigenvalue weighted by Crippen LogP contribution is 2.22. The Morgan fingerprint density at radius 2 is 1.72 bits per heavy atom. The van der Waals surface area contributed by atoms with Crippen molar-refractivity contribution in [2.24, 2.45) is 11.5 Å². The predicted octanol–water partition coefficient (Wildman–Crippen LogP) is 1.63. The lowest BCUT2D eigenvalue weighted by Crippen LogP contribution is -2.52. The van der Waals surface area contributed by atoms with Crippen molar-refractivity contribution in [1.29, 1.82) is 0 Å². The SMILES string of the molecule is Cc1cc(O)cc(C)c1C[C@@H](N)C(=O)N(CC#Cc1ccccc1)[C@H](C)C(N)=O. The van der Waals surface area contributed by atoms with Gasteiger partial charge in [-0.15, -0.1) is 0 Å². The highest BCUT2D eigenvalue weighted by molar-refractivity contribution is 5.89. The Bertz CT molecular complexity index is 922. The summed E-state index contributed by atoms with van der Waals surface area (Å²) in [6, 6.07) is 10.9. The Kier molecular flexibility index (Phi) is 7.40. The van der Waals surface area contributed by atoms with Crippen LogP contribution in [0.3, 0.4) is 0 Å². The van der Waals surface area contributed by atoms with E-state index in [1.54, 1.807) is 19.1 Å². The second-order valence-corrected chi connectivity index (χ2v) is 7.08. The molecule has 5 N–H and O–H groups in total. The number of nitrogens with zero attached hydrogens (tertiary/aromatic N) is 1. The molecule has 0 fully saturated rings. The quantitative estimate of drug-likeness (QED) is 0.648. The van der Waals surface area contributed by atoms with Crippen molar-refractivity contribution in [3.05, 3.63) is 64.7 Å². The number of aryl methyl sites for hydroxylation is 2. The second-order valence-electron chi connectivity index (χ2n) is 7.08. The van der Waals surface area contributed by atoms with Crippen LogP contribution in [0.25, 0.3) is 0 Å². The second kappa shape index (κ2) is 9.76. The molecule has 2 amide bonds. The number of phenols is 1. The summed E-state index contributed by atoms with van der Waals surface area (Å²) in [5, 5.41) is 9.70. The van der Waals surface area contributed by atoms with E-state index in [4.69, 9.17) is 11.5 Å². The summed E-state index contributed by atoms with van der Waals surface area (Å²) < 4.78 is 0. The third kappa shape index (κ3) is 5.84. The van der Waals surface area contributed by atoms with Crippen LogP contribution in [0.2, 0.25) is 0 Å². The number of nitrogens with two attached hydrogens (primary N) is 2. The molecule has 6 nitrogen and oxygen atoms in total. The van der Waals surface area contributed by atoms with Crippen LogP contribution in [-0.2, 0) is 16.0 Å². The number of carbonyl (C=O) groups excluding carboxylic acids is 2. The number of hydrogen-bond donors (Lipinski definition) is 3. The lowest BCUT2D eigenvalue weighted by atomic mass is 9.95. The molecule has 0 unspecified atom stereocenters. The van der Waals surface area contributed by atoms with E-state index in [0.717, 1.165) is 22.3 Å². The summed E-state index contributed by atoms with van der Waals surface area (Å²) >= 11 is 0. The standard InChI is InChI=1S/C23H27N3O3/c1-15-12-19(27)13-16(2)20(15)14-21(24)23(29)26(17(3)22(25)28)11-7-10-18-8-5-4-6-9-18/h4-6,8-9,12-13,17,21,27H,11,14,24H2,1-3H3,(H2,25,28)/t17-,21-/m1/s1. The zero-order valence-corrected chi connectivity index (χ0v) is 17.0. The zero-order chi connectivity index (χ0) is 21.6. The Morgan fingerprint density at radius 3 is 2.28 bits per heavy atom. The van der Waals surface area contributed by atoms with Crippen molar-refractivity contribution < 1.29 is 14.7 Å². The summed E-state index contributed by atoms with van der Waals surface area (Å²) in [4.78, 5) is 26.0. The molecule has 2 atom stereocenters. The molecule has 2 aromatic rings. The van der Waals surface area contributed by atoms with Gasteiger partial charge in [0, 0.05) is 5.56 Å². The number of carbonyl (C=O) groups is 2. The van der Waals surface area contributed by atoms with Crippen LogP contribution in [0.5, 0.6) is 5.75 Å². The average Bonchev–Trinajstić information content (AvgIpc) is 2.67. The third-order valence-corrected chi connectivity index (χ3v) is 4.84. The molecule has 0 saturated carbocycles. The van der Waals surface area contributed by atoms with Crippen molar-refractivity contribution in [3.8, 4) is 17.6 Å². The van der Waals surface area contributed by atoms with E-state index in [0.29, 0.717) is 0 Å². The van der Waals surface area contributed by atoms with E-state index in [9.17, 15) is 14.7 Å². The number of primary amides is 1. The number of benzene rings is 2. The van der Waals surface area contributed by atoms with Gasteiger partial charge in [-0.2, -0.15) is 0 Å².